The van der Waals surface area contributed by atoms with E-state index < -0.39 is 0 Å². The molecule has 0 spiro atoms. The number of ether oxygens (including phenoxy) is 3. The third kappa shape index (κ3) is 4.38. The summed E-state index contributed by atoms with van der Waals surface area (Å²) in [6.45, 7) is 2.50. The maximum Gasteiger partial charge on any atom is 0.162 e. The van der Waals surface area contributed by atoms with Crippen molar-refractivity contribution in [3.05, 3.63) is 72.1 Å². The van der Waals surface area contributed by atoms with Crippen LogP contribution in [-0.4, -0.2) is 31.3 Å². The molecule has 3 aromatic carbocycles. The Labute approximate surface area is 181 Å². The normalized spacial score (nSPS) is 10.7. The van der Waals surface area contributed by atoms with Crippen molar-refractivity contribution in [1.29, 1.82) is 0 Å². The summed E-state index contributed by atoms with van der Waals surface area (Å²) in [6.07, 6.45) is 0. The van der Waals surface area contributed by atoms with Gasteiger partial charge in [0.2, 0.25) is 0 Å². The molecule has 6 nitrogen and oxygen atoms in total. The molecule has 1 heterocycles. The molecule has 158 valence electrons. The van der Waals surface area contributed by atoms with Gasteiger partial charge in [-0.05, 0) is 47.9 Å². The minimum absolute atomic E-state index is 0.623. The number of methoxy groups -OCH3 is 3. The van der Waals surface area contributed by atoms with Crippen molar-refractivity contribution in [2.45, 2.75) is 13.5 Å². The molecule has 31 heavy (non-hydrogen) atoms. The monoisotopic (exact) mass is 415 g/mol. The lowest BCUT2D eigenvalue weighted by Gasteiger charge is -2.13. The predicted octanol–water partition coefficient (Wildman–Crippen LogP) is 5.24. The number of aromatic nitrogens is 2. The maximum atomic E-state index is 5.46. The summed E-state index contributed by atoms with van der Waals surface area (Å²) in [5.74, 6) is 3.58. The Morgan fingerprint density at radius 3 is 2.23 bits per heavy atom. The van der Waals surface area contributed by atoms with E-state index in [9.17, 15) is 0 Å². The van der Waals surface area contributed by atoms with E-state index >= 15 is 0 Å². The fourth-order valence-corrected chi connectivity index (χ4v) is 3.56. The average Bonchev–Trinajstić information content (AvgIpc) is 2.81. The maximum absolute atomic E-state index is 5.46. The number of benzene rings is 3. The zero-order chi connectivity index (χ0) is 21.8. The summed E-state index contributed by atoms with van der Waals surface area (Å²) >= 11 is 0. The Bertz CT molecular complexity index is 1220. The first-order valence-corrected chi connectivity index (χ1v) is 9.99. The molecule has 4 rings (SSSR count). The highest BCUT2D eigenvalue weighted by atomic mass is 16.5. The van der Waals surface area contributed by atoms with Crippen LogP contribution in [0, 0.1) is 6.92 Å². The first-order valence-electron chi connectivity index (χ1n) is 9.99. The van der Waals surface area contributed by atoms with Crippen LogP contribution in [0.25, 0.3) is 22.0 Å². The van der Waals surface area contributed by atoms with Gasteiger partial charge in [-0.15, -0.1) is 0 Å². The summed E-state index contributed by atoms with van der Waals surface area (Å²) in [5.41, 5.74) is 4.19. The number of rotatable bonds is 7. The lowest BCUT2D eigenvalue weighted by molar-refractivity contribution is 0.356. The molecule has 0 saturated heterocycles. The molecule has 4 aromatic rings. The van der Waals surface area contributed by atoms with Crippen molar-refractivity contribution < 1.29 is 14.2 Å². The third-order valence-electron chi connectivity index (χ3n) is 5.10. The second-order valence-corrected chi connectivity index (χ2v) is 7.13. The highest BCUT2D eigenvalue weighted by Crippen LogP contribution is 2.34. The molecule has 1 N–H and O–H groups in total. The van der Waals surface area contributed by atoms with Crippen LogP contribution in [0.2, 0.25) is 0 Å². The Balaban J connectivity index is 1.63. The molecule has 0 bridgehead atoms. The Kier molecular flexibility index (Phi) is 5.89. The van der Waals surface area contributed by atoms with Crippen molar-refractivity contribution in [2.75, 3.05) is 26.6 Å². The second-order valence-electron chi connectivity index (χ2n) is 7.13. The highest BCUT2D eigenvalue weighted by Gasteiger charge is 2.12. The Morgan fingerprint density at radius 1 is 0.774 bits per heavy atom. The summed E-state index contributed by atoms with van der Waals surface area (Å²) < 4.78 is 16.2. The van der Waals surface area contributed by atoms with E-state index in [0.717, 1.165) is 39.2 Å². The molecular formula is C25H25N3O3. The average molecular weight is 415 g/mol. The highest BCUT2D eigenvalue weighted by molar-refractivity contribution is 5.91. The standard InChI is InChI=1S/C25H25N3O3/c1-16-27-22-14-24(31-4)23(30-3)13-21(22)25(28-16)26-15-17-7-5-8-18(11-17)19-9-6-10-20(12-19)29-2/h5-14H,15H2,1-4H3,(H,26,27,28). The van der Waals surface area contributed by atoms with E-state index in [0.29, 0.717) is 23.9 Å². The van der Waals surface area contributed by atoms with Crippen LogP contribution in [0.15, 0.2) is 60.7 Å². The van der Waals surface area contributed by atoms with Gasteiger partial charge in [-0.3, -0.25) is 0 Å². The van der Waals surface area contributed by atoms with Gasteiger partial charge in [0.25, 0.3) is 0 Å². The number of nitrogens with one attached hydrogen (secondary N) is 1. The minimum Gasteiger partial charge on any atom is -0.497 e. The van der Waals surface area contributed by atoms with Crippen molar-refractivity contribution in [3.8, 4) is 28.4 Å². The molecule has 1 aromatic heterocycles. The van der Waals surface area contributed by atoms with Gasteiger partial charge in [0, 0.05) is 18.0 Å². The molecule has 0 aliphatic rings. The number of anilines is 1. The van der Waals surface area contributed by atoms with Crippen molar-refractivity contribution in [2.24, 2.45) is 0 Å². The van der Waals surface area contributed by atoms with Crippen LogP contribution in [0.4, 0.5) is 5.82 Å². The molecule has 0 aliphatic carbocycles. The molecular weight excluding hydrogens is 390 g/mol. The van der Waals surface area contributed by atoms with Crippen LogP contribution >= 0.6 is 0 Å². The van der Waals surface area contributed by atoms with Gasteiger partial charge in [-0.2, -0.15) is 0 Å². The topological polar surface area (TPSA) is 65.5 Å². The summed E-state index contributed by atoms with van der Waals surface area (Å²) in [6, 6.07) is 20.3. The molecule has 0 fully saturated rings. The SMILES string of the molecule is COc1cccc(-c2cccc(CNc3nc(C)nc4cc(OC)c(OC)cc34)c2)c1. The molecule has 0 atom stereocenters. The van der Waals surface area contributed by atoms with Gasteiger partial charge in [0.05, 0.1) is 26.8 Å². The lowest BCUT2D eigenvalue weighted by Crippen LogP contribution is -2.05. The fraction of sp³-hybridized carbons (Fsp3) is 0.200. The summed E-state index contributed by atoms with van der Waals surface area (Å²) in [4.78, 5) is 9.16. The van der Waals surface area contributed by atoms with Crippen molar-refractivity contribution in [1.82, 2.24) is 9.97 Å². The first kappa shape index (κ1) is 20.5. The van der Waals surface area contributed by atoms with E-state index in [1.807, 2.05) is 37.3 Å². The molecule has 0 amide bonds. The van der Waals surface area contributed by atoms with Crippen LogP contribution in [0.3, 0.4) is 0 Å². The van der Waals surface area contributed by atoms with Gasteiger partial charge in [-0.25, -0.2) is 9.97 Å². The molecule has 0 aliphatic heterocycles. The third-order valence-corrected chi connectivity index (χ3v) is 5.10. The first-order chi connectivity index (χ1) is 15.1. The van der Waals surface area contributed by atoms with Gasteiger partial charge in [-0.1, -0.05) is 30.3 Å². The van der Waals surface area contributed by atoms with E-state index in [4.69, 9.17) is 14.2 Å². The zero-order valence-corrected chi connectivity index (χ0v) is 18.1. The van der Waals surface area contributed by atoms with Crippen molar-refractivity contribution >= 4 is 16.7 Å². The Hall–Kier alpha value is -3.80. The van der Waals surface area contributed by atoms with Gasteiger partial charge >= 0.3 is 0 Å². The van der Waals surface area contributed by atoms with E-state index in [1.165, 1.54) is 0 Å². The van der Waals surface area contributed by atoms with Crippen LogP contribution in [-0.2, 0) is 6.54 Å². The summed E-state index contributed by atoms with van der Waals surface area (Å²) in [5, 5.41) is 4.34. The van der Waals surface area contributed by atoms with E-state index in [1.54, 1.807) is 21.3 Å². The minimum atomic E-state index is 0.623. The molecule has 0 radical (unpaired) electrons. The fourth-order valence-electron chi connectivity index (χ4n) is 3.56. The largest absolute Gasteiger partial charge is 0.497 e. The molecule has 6 heteroatoms. The second kappa shape index (κ2) is 8.92. The molecule has 0 unspecified atom stereocenters. The lowest BCUT2D eigenvalue weighted by atomic mass is 10.0. The van der Waals surface area contributed by atoms with Gasteiger partial charge in [0.15, 0.2) is 11.5 Å². The van der Waals surface area contributed by atoms with Crippen LogP contribution < -0.4 is 19.5 Å². The van der Waals surface area contributed by atoms with Crippen molar-refractivity contribution in [3.63, 3.8) is 0 Å². The van der Waals surface area contributed by atoms with Crippen LogP contribution in [0.5, 0.6) is 17.2 Å². The summed E-state index contributed by atoms with van der Waals surface area (Å²) in [7, 11) is 4.92. The quantitative estimate of drug-likeness (QED) is 0.445. The number of hydrogen-bond acceptors (Lipinski definition) is 6. The molecule has 0 saturated carbocycles. The predicted molar refractivity (Wildman–Crippen MR) is 123 cm³/mol. The van der Waals surface area contributed by atoms with E-state index in [-0.39, 0.29) is 0 Å². The van der Waals surface area contributed by atoms with Gasteiger partial charge < -0.3 is 19.5 Å². The number of fused-ring (bicyclic) bond motifs is 1. The number of nitrogens with zero attached hydrogens (tertiary/aromatic N) is 2. The smallest absolute Gasteiger partial charge is 0.162 e. The number of hydrogen-bond donors (Lipinski definition) is 1. The zero-order valence-electron chi connectivity index (χ0n) is 18.1. The Morgan fingerprint density at radius 2 is 1.48 bits per heavy atom. The van der Waals surface area contributed by atoms with E-state index in [2.05, 4.69) is 45.6 Å². The van der Waals surface area contributed by atoms with Gasteiger partial charge in [0.1, 0.15) is 17.4 Å². The van der Waals surface area contributed by atoms with Crippen LogP contribution in [0.1, 0.15) is 11.4 Å². The number of aryl methyl sites for hydroxylation is 1.